The predicted octanol–water partition coefficient (Wildman–Crippen LogP) is 2.26. The smallest absolute Gasteiger partial charge is 0.306 e. The Balaban J connectivity index is 2.36. The molecule has 1 rings (SSSR count). The van der Waals surface area contributed by atoms with Crippen LogP contribution in [-0.2, 0) is 4.79 Å². The summed E-state index contributed by atoms with van der Waals surface area (Å²) in [5, 5.41) is 22.8. The number of rotatable bonds is 6. The molecule has 0 amide bonds. The van der Waals surface area contributed by atoms with Crippen molar-refractivity contribution in [1.82, 2.24) is 5.32 Å². The lowest BCUT2D eigenvalue weighted by Crippen LogP contribution is -2.47. The summed E-state index contributed by atoms with van der Waals surface area (Å²) in [6.07, 6.45) is 2.33. The number of carboxylic acid groups (broad SMARTS) is 1. The minimum atomic E-state index is -0.726. The fraction of sp³-hybridized carbons (Fsp3) is 0.933. The zero-order valence-electron chi connectivity index (χ0n) is 12.7. The molecule has 0 spiro atoms. The Morgan fingerprint density at radius 3 is 2.32 bits per heavy atom. The fourth-order valence-corrected chi connectivity index (χ4v) is 2.40. The fourth-order valence-electron chi connectivity index (χ4n) is 2.40. The molecular formula is C15H29NO3. The number of hydrogen-bond donors (Lipinski definition) is 3. The van der Waals surface area contributed by atoms with E-state index in [1.165, 1.54) is 0 Å². The molecule has 0 aliphatic heterocycles. The van der Waals surface area contributed by atoms with Gasteiger partial charge in [-0.3, -0.25) is 4.79 Å². The first kappa shape index (κ1) is 16.4. The summed E-state index contributed by atoms with van der Waals surface area (Å²) in [6.45, 7) is 10.3. The van der Waals surface area contributed by atoms with Crippen molar-refractivity contribution >= 4 is 5.97 Å². The van der Waals surface area contributed by atoms with E-state index in [1.54, 1.807) is 0 Å². The second-order valence-corrected chi connectivity index (χ2v) is 7.08. The molecule has 0 heterocycles. The highest BCUT2D eigenvalue weighted by molar-refractivity contribution is 5.70. The maximum Gasteiger partial charge on any atom is 0.306 e. The predicted molar refractivity (Wildman–Crippen MR) is 76.0 cm³/mol. The van der Waals surface area contributed by atoms with Crippen molar-refractivity contribution in [3.05, 3.63) is 0 Å². The first-order chi connectivity index (χ1) is 8.66. The van der Waals surface area contributed by atoms with Crippen LogP contribution in [-0.4, -0.2) is 34.9 Å². The minimum absolute atomic E-state index is 0.203. The topological polar surface area (TPSA) is 69.6 Å². The molecule has 19 heavy (non-hydrogen) atoms. The molecule has 1 aliphatic rings. The average Bonchev–Trinajstić information content (AvgIpc) is 2.28. The van der Waals surface area contributed by atoms with Crippen LogP contribution < -0.4 is 5.32 Å². The summed E-state index contributed by atoms with van der Waals surface area (Å²) in [5.41, 5.74) is -0.520. The van der Waals surface area contributed by atoms with Crippen molar-refractivity contribution in [2.45, 2.75) is 59.0 Å². The van der Waals surface area contributed by atoms with E-state index in [2.05, 4.69) is 33.0 Å². The van der Waals surface area contributed by atoms with E-state index in [0.29, 0.717) is 38.1 Å². The Kier molecular flexibility index (Phi) is 5.39. The molecule has 0 aromatic carbocycles. The Morgan fingerprint density at radius 2 is 1.89 bits per heavy atom. The van der Waals surface area contributed by atoms with Gasteiger partial charge < -0.3 is 15.5 Å². The van der Waals surface area contributed by atoms with E-state index in [-0.39, 0.29) is 11.3 Å². The molecule has 0 aromatic heterocycles. The molecule has 0 atom stereocenters. The van der Waals surface area contributed by atoms with Crippen LogP contribution >= 0.6 is 0 Å². The quantitative estimate of drug-likeness (QED) is 0.693. The molecular weight excluding hydrogens is 242 g/mol. The summed E-state index contributed by atoms with van der Waals surface area (Å²) in [7, 11) is 0. The van der Waals surface area contributed by atoms with Crippen LogP contribution in [0.15, 0.2) is 0 Å². The van der Waals surface area contributed by atoms with Gasteiger partial charge in [-0.15, -0.1) is 0 Å². The van der Waals surface area contributed by atoms with Crippen molar-refractivity contribution < 1.29 is 15.0 Å². The third kappa shape index (κ3) is 4.77. The summed E-state index contributed by atoms with van der Waals surface area (Å²) in [6, 6.07) is 0. The largest absolute Gasteiger partial charge is 0.481 e. The van der Waals surface area contributed by atoms with Crippen LogP contribution in [0.25, 0.3) is 0 Å². The van der Waals surface area contributed by atoms with Gasteiger partial charge in [-0.05, 0) is 37.0 Å². The van der Waals surface area contributed by atoms with Crippen molar-refractivity contribution in [1.29, 1.82) is 0 Å². The molecule has 0 unspecified atom stereocenters. The summed E-state index contributed by atoms with van der Waals surface area (Å²) in [4.78, 5) is 10.9. The number of carbonyl (C=O) groups is 1. The third-order valence-electron chi connectivity index (χ3n) is 4.86. The zero-order valence-corrected chi connectivity index (χ0v) is 12.7. The number of carboxylic acids is 1. The Morgan fingerprint density at radius 1 is 1.37 bits per heavy atom. The van der Waals surface area contributed by atoms with E-state index in [1.807, 2.05) is 0 Å². The maximum atomic E-state index is 10.9. The minimum Gasteiger partial charge on any atom is -0.481 e. The van der Waals surface area contributed by atoms with Gasteiger partial charge in [0.1, 0.15) is 0 Å². The highest BCUT2D eigenvalue weighted by Crippen LogP contribution is 2.32. The molecule has 1 aliphatic carbocycles. The SMILES string of the molecule is CC(C)C(C)(C)CNCC1(O)CCC(C(=O)O)CC1. The van der Waals surface area contributed by atoms with Gasteiger partial charge in [0.05, 0.1) is 11.5 Å². The van der Waals surface area contributed by atoms with Gasteiger partial charge in [0.15, 0.2) is 0 Å². The van der Waals surface area contributed by atoms with Gasteiger partial charge in [-0.25, -0.2) is 0 Å². The molecule has 4 heteroatoms. The first-order valence-electron chi connectivity index (χ1n) is 7.32. The van der Waals surface area contributed by atoms with Gasteiger partial charge in [-0.2, -0.15) is 0 Å². The molecule has 112 valence electrons. The van der Waals surface area contributed by atoms with Gasteiger partial charge in [0.2, 0.25) is 0 Å². The molecule has 1 saturated carbocycles. The Bertz CT molecular complexity index is 305. The number of aliphatic hydroxyl groups is 1. The highest BCUT2D eigenvalue weighted by atomic mass is 16.4. The standard InChI is InChI=1S/C15H29NO3/c1-11(2)14(3,4)9-16-10-15(19)7-5-12(6-8-15)13(17)18/h11-12,16,19H,5-10H2,1-4H3,(H,17,18). The lowest BCUT2D eigenvalue weighted by atomic mass is 9.78. The van der Waals surface area contributed by atoms with E-state index < -0.39 is 11.6 Å². The van der Waals surface area contributed by atoms with Crippen LogP contribution in [0.3, 0.4) is 0 Å². The number of nitrogens with one attached hydrogen (secondary N) is 1. The van der Waals surface area contributed by atoms with Crippen LogP contribution in [0.4, 0.5) is 0 Å². The van der Waals surface area contributed by atoms with Crippen LogP contribution in [0.1, 0.15) is 53.4 Å². The summed E-state index contributed by atoms with van der Waals surface area (Å²) >= 11 is 0. The van der Waals surface area contributed by atoms with Crippen LogP contribution in [0, 0.1) is 17.3 Å². The highest BCUT2D eigenvalue weighted by Gasteiger charge is 2.35. The van der Waals surface area contributed by atoms with E-state index in [4.69, 9.17) is 5.11 Å². The van der Waals surface area contributed by atoms with Crippen molar-refractivity contribution in [2.75, 3.05) is 13.1 Å². The zero-order chi connectivity index (χ0) is 14.7. The maximum absolute atomic E-state index is 10.9. The van der Waals surface area contributed by atoms with Gasteiger partial charge in [0.25, 0.3) is 0 Å². The second-order valence-electron chi connectivity index (χ2n) is 7.08. The third-order valence-corrected chi connectivity index (χ3v) is 4.86. The lowest BCUT2D eigenvalue weighted by Gasteiger charge is -2.37. The average molecular weight is 271 g/mol. The van der Waals surface area contributed by atoms with Crippen molar-refractivity contribution in [3.63, 3.8) is 0 Å². The molecule has 0 radical (unpaired) electrons. The molecule has 4 nitrogen and oxygen atoms in total. The molecule has 0 aromatic rings. The van der Waals surface area contributed by atoms with Gasteiger partial charge >= 0.3 is 5.97 Å². The number of aliphatic carboxylic acids is 1. The molecule has 3 N–H and O–H groups in total. The van der Waals surface area contributed by atoms with Gasteiger partial charge in [0, 0.05) is 13.1 Å². The monoisotopic (exact) mass is 271 g/mol. The number of hydrogen-bond acceptors (Lipinski definition) is 3. The van der Waals surface area contributed by atoms with Crippen LogP contribution in [0.5, 0.6) is 0 Å². The second kappa shape index (κ2) is 6.23. The van der Waals surface area contributed by atoms with Crippen molar-refractivity contribution in [3.8, 4) is 0 Å². The van der Waals surface area contributed by atoms with E-state index >= 15 is 0 Å². The molecule has 0 saturated heterocycles. The molecule has 1 fully saturated rings. The van der Waals surface area contributed by atoms with Gasteiger partial charge in [-0.1, -0.05) is 27.7 Å². The van der Waals surface area contributed by atoms with E-state index in [0.717, 1.165) is 6.54 Å². The normalized spacial score (nSPS) is 28.6. The summed E-state index contributed by atoms with van der Waals surface area (Å²) < 4.78 is 0. The van der Waals surface area contributed by atoms with Crippen LogP contribution in [0.2, 0.25) is 0 Å². The Hall–Kier alpha value is -0.610. The first-order valence-corrected chi connectivity index (χ1v) is 7.32. The molecule has 0 bridgehead atoms. The lowest BCUT2D eigenvalue weighted by molar-refractivity contribution is -0.144. The van der Waals surface area contributed by atoms with E-state index in [9.17, 15) is 9.90 Å². The van der Waals surface area contributed by atoms with Crippen molar-refractivity contribution in [2.24, 2.45) is 17.3 Å². The Labute approximate surface area is 116 Å². The summed E-state index contributed by atoms with van der Waals surface area (Å²) in [5.74, 6) is -0.416.